The van der Waals surface area contributed by atoms with E-state index in [9.17, 15) is 13.2 Å². The molecule has 1 aromatic carbocycles. The molecule has 2 aromatic heterocycles. The van der Waals surface area contributed by atoms with Crippen molar-refractivity contribution in [3.63, 3.8) is 0 Å². The molecule has 0 saturated heterocycles. The molecule has 0 aliphatic carbocycles. The van der Waals surface area contributed by atoms with Gasteiger partial charge in [-0.3, -0.25) is 0 Å². The molecule has 0 amide bonds. The molecule has 1 atom stereocenters. The molecular weight excluding hydrogens is 381 g/mol. The number of aryl methyl sites for hydroxylation is 1. The van der Waals surface area contributed by atoms with Gasteiger partial charge in [-0.15, -0.1) is 0 Å². The lowest BCUT2D eigenvalue weighted by molar-refractivity contribution is -0.134. The first-order valence-electron chi connectivity index (χ1n) is 7.81. The number of thiazole rings is 1. The molecular formula is C17H17F3N4O2S. The van der Waals surface area contributed by atoms with Crippen molar-refractivity contribution >= 4 is 16.5 Å². The van der Waals surface area contributed by atoms with Crippen molar-refractivity contribution < 1.29 is 22.6 Å². The second-order valence-corrected chi connectivity index (χ2v) is 6.68. The Balaban J connectivity index is 2.03. The summed E-state index contributed by atoms with van der Waals surface area (Å²) in [5.41, 5.74) is 0.712. The molecule has 0 aliphatic rings. The molecule has 0 aliphatic heterocycles. The standard InChI is InChI=1S/C17H17F3N4O2S/c1-24-5-4-21-15(24)14(10-6-11(25-2)8-12(7-10)26-3)23-16-22-9-13(27-16)17(18,19)20/h4-9,14H,1-3H3,(H,22,23). The first-order chi connectivity index (χ1) is 12.8. The maximum atomic E-state index is 12.9. The van der Waals surface area contributed by atoms with Gasteiger partial charge in [0.2, 0.25) is 0 Å². The first kappa shape index (κ1) is 19.0. The predicted octanol–water partition coefficient (Wildman–Crippen LogP) is 4.11. The van der Waals surface area contributed by atoms with Crippen LogP contribution in [0.2, 0.25) is 0 Å². The van der Waals surface area contributed by atoms with Crippen molar-refractivity contribution in [1.82, 2.24) is 14.5 Å². The maximum absolute atomic E-state index is 12.9. The lowest BCUT2D eigenvalue weighted by atomic mass is 10.1. The van der Waals surface area contributed by atoms with Crippen LogP contribution < -0.4 is 14.8 Å². The molecule has 6 nitrogen and oxygen atoms in total. The van der Waals surface area contributed by atoms with E-state index in [2.05, 4.69) is 15.3 Å². The molecule has 3 aromatic rings. The highest BCUT2D eigenvalue weighted by molar-refractivity contribution is 7.15. The predicted molar refractivity (Wildman–Crippen MR) is 95.3 cm³/mol. The third kappa shape index (κ3) is 4.16. The molecule has 1 unspecified atom stereocenters. The van der Waals surface area contributed by atoms with Crippen LogP contribution in [0.5, 0.6) is 11.5 Å². The van der Waals surface area contributed by atoms with Crippen LogP contribution in [-0.4, -0.2) is 28.8 Å². The summed E-state index contributed by atoms with van der Waals surface area (Å²) in [5.74, 6) is 1.72. The van der Waals surface area contributed by atoms with Crippen molar-refractivity contribution in [3.05, 3.63) is 53.1 Å². The van der Waals surface area contributed by atoms with E-state index in [0.717, 1.165) is 6.20 Å². The van der Waals surface area contributed by atoms with E-state index < -0.39 is 17.1 Å². The number of methoxy groups -OCH3 is 2. The number of hydrogen-bond acceptors (Lipinski definition) is 6. The van der Waals surface area contributed by atoms with Crippen molar-refractivity contribution in [3.8, 4) is 11.5 Å². The number of halogens is 3. The third-order valence-corrected chi connectivity index (χ3v) is 4.85. The minimum Gasteiger partial charge on any atom is -0.497 e. The summed E-state index contributed by atoms with van der Waals surface area (Å²) < 4.78 is 51.0. The van der Waals surface area contributed by atoms with E-state index in [0.29, 0.717) is 34.2 Å². The van der Waals surface area contributed by atoms with Gasteiger partial charge in [0.15, 0.2) is 5.13 Å². The molecule has 1 N–H and O–H groups in total. The van der Waals surface area contributed by atoms with Crippen LogP contribution in [0.25, 0.3) is 0 Å². The molecule has 0 bridgehead atoms. The topological polar surface area (TPSA) is 61.2 Å². The average Bonchev–Trinajstić information content (AvgIpc) is 3.28. The summed E-state index contributed by atoms with van der Waals surface area (Å²) in [6.07, 6.45) is -0.251. The Labute approximate surface area is 157 Å². The van der Waals surface area contributed by atoms with Crippen LogP contribution in [0.3, 0.4) is 0 Å². The van der Waals surface area contributed by atoms with Gasteiger partial charge in [0.1, 0.15) is 28.2 Å². The zero-order chi connectivity index (χ0) is 19.6. The van der Waals surface area contributed by atoms with E-state index >= 15 is 0 Å². The Morgan fingerprint density at radius 2 is 1.78 bits per heavy atom. The van der Waals surface area contributed by atoms with Crippen molar-refractivity contribution in [1.29, 1.82) is 0 Å². The lowest BCUT2D eigenvalue weighted by Crippen LogP contribution is -2.17. The smallest absolute Gasteiger partial charge is 0.427 e. The Morgan fingerprint density at radius 1 is 1.11 bits per heavy atom. The summed E-state index contributed by atoms with van der Waals surface area (Å²) in [4.78, 5) is 7.42. The molecule has 10 heteroatoms. The summed E-state index contributed by atoms with van der Waals surface area (Å²) >= 11 is 0.539. The number of anilines is 1. The van der Waals surface area contributed by atoms with Crippen LogP contribution in [-0.2, 0) is 13.2 Å². The van der Waals surface area contributed by atoms with Gasteiger partial charge in [-0.1, -0.05) is 11.3 Å². The third-order valence-electron chi connectivity index (χ3n) is 3.88. The van der Waals surface area contributed by atoms with Gasteiger partial charge in [0, 0.05) is 25.5 Å². The van der Waals surface area contributed by atoms with Crippen LogP contribution in [0, 0.1) is 0 Å². The van der Waals surface area contributed by atoms with Gasteiger partial charge in [-0.25, -0.2) is 9.97 Å². The first-order valence-corrected chi connectivity index (χ1v) is 8.63. The van der Waals surface area contributed by atoms with Crippen molar-refractivity contribution in [2.75, 3.05) is 19.5 Å². The highest BCUT2D eigenvalue weighted by atomic mass is 32.1. The Kier molecular flexibility index (Phi) is 5.26. The number of alkyl halides is 3. The minimum absolute atomic E-state index is 0.136. The SMILES string of the molecule is COc1cc(OC)cc(C(Nc2ncc(C(F)(F)F)s2)c2nccn2C)c1. The number of nitrogens with one attached hydrogen (secondary N) is 1. The number of nitrogens with zero attached hydrogens (tertiary/aromatic N) is 3. The Hall–Kier alpha value is -2.75. The van der Waals surface area contributed by atoms with E-state index in [1.807, 2.05) is 0 Å². The van der Waals surface area contributed by atoms with Gasteiger partial charge in [-0.2, -0.15) is 13.2 Å². The lowest BCUT2D eigenvalue weighted by Gasteiger charge is -2.20. The van der Waals surface area contributed by atoms with E-state index in [1.165, 1.54) is 14.2 Å². The van der Waals surface area contributed by atoms with Gasteiger partial charge in [0.25, 0.3) is 0 Å². The summed E-state index contributed by atoms with van der Waals surface area (Å²) in [6.45, 7) is 0. The molecule has 27 heavy (non-hydrogen) atoms. The quantitative estimate of drug-likeness (QED) is 0.677. The monoisotopic (exact) mass is 398 g/mol. The van der Waals surface area contributed by atoms with Crippen molar-refractivity contribution in [2.24, 2.45) is 7.05 Å². The van der Waals surface area contributed by atoms with Crippen LogP contribution in [0.4, 0.5) is 18.3 Å². The Morgan fingerprint density at radius 3 is 2.26 bits per heavy atom. The highest BCUT2D eigenvalue weighted by Crippen LogP contribution is 2.37. The van der Waals surface area contributed by atoms with Gasteiger partial charge in [-0.05, 0) is 17.7 Å². The number of rotatable bonds is 6. The fraction of sp³-hybridized carbons (Fsp3) is 0.294. The second kappa shape index (κ2) is 7.47. The maximum Gasteiger partial charge on any atom is 0.427 e. The molecule has 144 valence electrons. The van der Waals surface area contributed by atoms with Gasteiger partial charge in [0.05, 0.1) is 20.4 Å². The molecule has 0 spiro atoms. The number of hydrogen-bond donors (Lipinski definition) is 1. The van der Waals surface area contributed by atoms with E-state index in [-0.39, 0.29) is 5.13 Å². The molecule has 2 heterocycles. The zero-order valence-corrected chi connectivity index (χ0v) is 15.6. The largest absolute Gasteiger partial charge is 0.497 e. The highest BCUT2D eigenvalue weighted by Gasteiger charge is 2.34. The number of benzene rings is 1. The fourth-order valence-corrected chi connectivity index (χ4v) is 3.26. The van der Waals surface area contributed by atoms with Crippen LogP contribution in [0.15, 0.2) is 36.8 Å². The zero-order valence-electron chi connectivity index (χ0n) is 14.7. The van der Waals surface area contributed by atoms with Crippen molar-refractivity contribution in [2.45, 2.75) is 12.2 Å². The van der Waals surface area contributed by atoms with E-state index in [1.54, 1.807) is 42.2 Å². The fourth-order valence-electron chi connectivity index (χ4n) is 2.54. The number of aromatic nitrogens is 3. The molecule has 0 radical (unpaired) electrons. The summed E-state index contributed by atoms with van der Waals surface area (Å²) in [6, 6.07) is 4.70. The van der Waals surface area contributed by atoms with Crippen LogP contribution in [0.1, 0.15) is 22.3 Å². The number of ether oxygens (including phenoxy) is 2. The second-order valence-electron chi connectivity index (χ2n) is 5.65. The minimum atomic E-state index is -4.44. The average molecular weight is 398 g/mol. The number of imidazole rings is 1. The van der Waals surface area contributed by atoms with Gasteiger partial charge < -0.3 is 19.4 Å². The van der Waals surface area contributed by atoms with Gasteiger partial charge >= 0.3 is 6.18 Å². The Bertz CT molecular complexity index is 901. The molecule has 0 saturated carbocycles. The van der Waals surface area contributed by atoms with Crippen LogP contribution >= 0.6 is 11.3 Å². The molecule has 3 rings (SSSR count). The molecule has 0 fully saturated rings. The summed E-state index contributed by atoms with van der Waals surface area (Å²) in [7, 11) is 4.85. The summed E-state index contributed by atoms with van der Waals surface area (Å²) in [5, 5.41) is 3.18. The van der Waals surface area contributed by atoms with E-state index in [4.69, 9.17) is 9.47 Å². The normalized spacial score (nSPS) is 12.7.